The van der Waals surface area contributed by atoms with E-state index in [1.54, 1.807) is 30.3 Å². The van der Waals surface area contributed by atoms with Crippen LogP contribution in [-0.2, 0) is 24.9 Å². The van der Waals surface area contributed by atoms with Crippen LogP contribution in [0.25, 0.3) is 16.6 Å². The summed E-state index contributed by atoms with van der Waals surface area (Å²) in [7, 11) is 1.48. The summed E-state index contributed by atoms with van der Waals surface area (Å²) in [6.45, 7) is 1.64. The van der Waals surface area contributed by atoms with E-state index in [1.165, 1.54) is 39.8 Å². The van der Waals surface area contributed by atoms with E-state index in [1.807, 2.05) is 22.6 Å². The van der Waals surface area contributed by atoms with Gasteiger partial charge in [-0.3, -0.25) is 27.5 Å². The van der Waals surface area contributed by atoms with Gasteiger partial charge in [-0.15, -0.1) is 0 Å². The zero-order valence-corrected chi connectivity index (χ0v) is 23.8. The maximum atomic E-state index is 14.8. The minimum atomic E-state index is -2.51. The molecule has 1 aliphatic carbocycles. The quantitative estimate of drug-likeness (QED) is 0.149. The van der Waals surface area contributed by atoms with Gasteiger partial charge in [0.2, 0.25) is 0 Å². The van der Waals surface area contributed by atoms with Crippen LogP contribution < -0.4 is 32.4 Å². The molecule has 2 aromatic heterocycles. The summed E-state index contributed by atoms with van der Waals surface area (Å²) < 4.78 is 40.8. The summed E-state index contributed by atoms with van der Waals surface area (Å²) in [5.41, 5.74) is 2.29. The van der Waals surface area contributed by atoms with Crippen LogP contribution in [0.2, 0.25) is 0 Å². The molecule has 11 nitrogen and oxygen atoms in total. The topological polar surface area (TPSA) is 142 Å². The molecule has 1 atom stereocenters. The Labute approximate surface area is 237 Å². The number of benzene rings is 2. The molecule has 3 N–H and O–H groups in total. The molecule has 5 rings (SSSR count). The molecule has 0 bridgehead atoms. The van der Waals surface area contributed by atoms with Crippen molar-refractivity contribution in [2.75, 3.05) is 5.32 Å². The van der Waals surface area contributed by atoms with E-state index in [4.69, 9.17) is 0 Å². The Bertz CT molecular complexity index is 1830. The lowest BCUT2D eigenvalue weighted by Gasteiger charge is -2.21. The number of hydrogen-bond donors (Lipinski definition) is 3. The third-order valence-electron chi connectivity index (χ3n) is 6.56. The fourth-order valence-corrected chi connectivity index (χ4v) is 5.22. The monoisotopic (exact) mass is 665 g/mol. The van der Waals surface area contributed by atoms with Gasteiger partial charge in [-0.2, -0.15) is 4.83 Å². The standard InChI is InChI=1S/C25H24FIN6O5S/c1-13-21-20(22(31(2)23(13)34)29-19-9-6-15(27)11-18(19)26)24(35)33(16-7-8-16)25(36)32(21)17-5-3-4-14(10-17)12-28-30-39(37)38/h3-6,9-11,16,28-30H,7-8,12H2,1-2H3,(H,37,38)/p-1. The van der Waals surface area contributed by atoms with Crippen molar-refractivity contribution in [3.05, 3.63) is 94.2 Å². The molecule has 0 amide bonds. The van der Waals surface area contributed by atoms with Crippen LogP contribution in [-0.4, -0.2) is 22.5 Å². The molecule has 39 heavy (non-hydrogen) atoms. The fourth-order valence-electron chi connectivity index (χ4n) is 4.58. The lowest BCUT2D eigenvalue weighted by molar-refractivity contribution is 0.503. The van der Waals surface area contributed by atoms with E-state index in [0.29, 0.717) is 27.7 Å². The predicted molar refractivity (Wildman–Crippen MR) is 153 cm³/mol. The highest BCUT2D eigenvalue weighted by atomic mass is 127. The SMILES string of the molecule is Cc1c(=O)n(C)c(Nc2ccc(I)cc2F)c2c(=O)n(C3CC3)c(=O)n(-c3cccc(CNNS(=O)[O-])c3)c12. The average molecular weight is 665 g/mol. The van der Waals surface area contributed by atoms with Gasteiger partial charge in [0, 0.05) is 40.0 Å². The van der Waals surface area contributed by atoms with Gasteiger partial charge in [0.1, 0.15) is 17.0 Å². The van der Waals surface area contributed by atoms with Crippen LogP contribution in [0.5, 0.6) is 0 Å². The zero-order chi connectivity index (χ0) is 28.0. The molecular weight excluding hydrogens is 642 g/mol. The summed E-state index contributed by atoms with van der Waals surface area (Å²) in [6, 6.07) is 11.0. The maximum absolute atomic E-state index is 14.8. The van der Waals surface area contributed by atoms with Gasteiger partial charge in [0.05, 0.1) is 16.9 Å². The molecule has 0 spiro atoms. The number of pyridine rings is 1. The summed E-state index contributed by atoms with van der Waals surface area (Å²) in [4.78, 5) is 43.1. The Morgan fingerprint density at radius 2 is 1.87 bits per heavy atom. The highest BCUT2D eigenvalue weighted by Crippen LogP contribution is 2.34. The minimum Gasteiger partial charge on any atom is -0.759 e. The van der Waals surface area contributed by atoms with Crippen LogP contribution in [0.1, 0.15) is 30.0 Å². The Kier molecular flexibility index (Phi) is 7.56. The molecule has 4 aromatic rings. The molecule has 0 saturated heterocycles. The average Bonchev–Trinajstić information content (AvgIpc) is 3.72. The van der Waals surface area contributed by atoms with Crippen molar-refractivity contribution in [1.82, 2.24) is 24.0 Å². The van der Waals surface area contributed by atoms with Crippen LogP contribution in [0.3, 0.4) is 0 Å². The Balaban J connectivity index is 1.81. The largest absolute Gasteiger partial charge is 0.759 e. The second-order valence-corrected chi connectivity index (χ2v) is 11.1. The second-order valence-electron chi connectivity index (χ2n) is 9.20. The molecular formula is C25H23FIN6O5S-. The van der Waals surface area contributed by atoms with Crippen LogP contribution >= 0.6 is 22.6 Å². The number of halogens is 2. The Morgan fingerprint density at radius 3 is 2.54 bits per heavy atom. The van der Waals surface area contributed by atoms with Crippen molar-refractivity contribution in [3.8, 4) is 5.69 Å². The molecule has 2 aromatic carbocycles. The van der Waals surface area contributed by atoms with Crippen LogP contribution in [0, 0.1) is 16.3 Å². The number of fused-ring (bicyclic) bond motifs is 1. The third-order valence-corrected chi connectivity index (χ3v) is 7.54. The van der Waals surface area contributed by atoms with Gasteiger partial charge in [-0.05, 0) is 78.3 Å². The molecule has 0 aliphatic heterocycles. The predicted octanol–water partition coefficient (Wildman–Crippen LogP) is 2.37. The first kappa shape index (κ1) is 27.4. The first-order chi connectivity index (χ1) is 18.6. The molecule has 1 fully saturated rings. The number of hydrazine groups is 1. The van der Waals surface area contributed by atoms with Crippen LogP contribution in [0.15, 0.2) is 56.8 Å². The van der Waals surface area contributed by atoms with E-state index >= 15 is 0 Å². The van der Waals surface area contributed by atoms with Crippen molar-refractivity contribution in [1.29, 1.82) is 0 Å². The van der Waals surface area contributed by atoms with Gasteiger partial charge < -0.3 is 9.87 Å². The molecule has 2 heterocycles. The van der Waals surface area contributed by atoms with Gasteiger partial charge in [0.15, 0.2) is 0 Å². The number of nitrogens with zero attached hydrogens (tertiary/aromatic N) is 3. The smallest absolute Gasteiger partial charge is 0.336 e. The highest BCUT2D eigenvalue weighted by Gasteiger charge is 2.31. The fraction of sp³-hybridized carbons (Fsp3) is 0.240. The molecule has 1 aliphatic rings. The Morgan fingerprint density at radius 1 is 1.13 bits per heavy atom. The zero-order valence-electron chi connectivity index (χ0n) is 20.8. The molecule has 1 unspecified atom stereocenters. The second kappa shape index (κ2) is 10.8. The molecule has 1 saturated carbocycles. The van der Waals surface area contributed by atoms with Crippen molar-refractivity contribution < 1.29 is 13.2 Å². The maximum Gasteiger partial charge on any atom is 0.336 e. The van der Waals surface area contributed by atoms with Crippen molar-refractivity contribution in [2.24, 2.45) is 7.05 Å². The van der Waals surface area contributed by atoms with Gasteiger partial charge in [0.25, 0.3) is 11.1 Å². The number of anilines is 2. The summed E-state index contributed by atoms with van der Waals surface area (Å²) in [5.74, 6) is -0.500. The van der Waals surface area contributed by atoms with E-state index in [9.17, 15) is 27.5 Å². The lowest BCUT2D eigenvalue weighted by atomic mass is 10.1. The number of rotatable bonds is 8. The molecule has 204 valence electrons. The van der Waals surface area contributed by atoms with Gasteiger partial charge in [-0.25, -0.2) is 14.6 Å². The van der Waals surface area contributed by atoms with E-state index in [-0.39, 0.29) is 40.6 Å². The van der Waals surface area contributed by atoms with Crippen molar-refractivity contribution >= 4 is 56.3 Å². The van der Waals surface area contributed by atoms with E-state index in [2.05, 4.69) is 15.6 Å². The highest BCUT2D eigenvalue weighted by molar-refractivity contribution is 14.1. The minimum absolute atomic E-state index is 0.0637. The third kappa shape index (κ3) is 5.21. The van der Waals surface area contributed by atoms with E-state index in [0.717, 1.165) is 0 Å². The molecule has 0 radical (unpaired) electrons. The summed E-state index contributed by atoms with van der Waals surface area (Å²) >= 11 is -0.531. The first-order valence-electron chi connectivity index (χ1n) is 11.9. The van der Waals surface area contributed by atoms with Gasteiger partial charge in [-0.1, -0.05) is 12.1 Å². The number of aryl methyl sites for hydroxylation is 1. The van der Waals surface area contributed by atoms with E-state index < -0.39 is 33.9 Å². The van der Waals surface area contributed by atoms with Crippen molar-refractivity contribution in [2.45, 2.75) is 32.4 Å². The normalized spacial score (nSPS) is 14.1. The Hall–Kier alpha value is -3.18. The number of hydrogen-bond acceptors (Lipinski definition) is 7. The van der Waals surface area contributed by atoms with Crippen LogP contribution in [0.4, 0.5) is 15.9 Å². The van der Waals surface area contributed by atoms with Crippen molar-refractivity contribution in [3.63, 3.8) is 0 Å². The molecule has 14 heteroatoms. The lowest BCUT2D eigenvalue weighted by Crippen LogP contribution is -2.41. The summed E-state index contributed by atoms with van der Waals surface area (Å²) in [6.07, 6.45) is 1.31. The first-order valence-corrected chi connectivity index (χ1v) is 14.0. The number of nitrogens with one attached hydrogen (secondary N) is 3. The van der Waals surface area contributed by atoms with Gasteiger partial charge >= 0.3 is 5.69 Å². The summed E-state index contributed by atoms with van der Waals surface area (Å²) in [5, 5.41) is 3.01. The number of aromatic nitrogens is 3.